The zero-order valence-electron chi connectivity index (χ0n) is 15.9. The molecular weight excluding hydrogens is 388 g/mol. The van der Waals surface area contributed by atoms with Gasteiger partial charge >= 0.3 is 0 Å². The van der Waals surface area contributed by atoms with Crippen LogP contribution in [0, 0.1) is 11.3 Å². The molecule has 3 aromatic rings. The molecule has 0 saturated heterocycles. The molecule has 1 aliphatic carbocycles. The molecule has 4 rings (SSSR count). The van der Waals surface area contributed by atoms with Gasteiger partial charge in [0.2, 0.25) is 27.5 Å². The van der Waals surface area contributed by atoms with Crippen molar-refractivity contribution in [2.75, 3.05) is 12.4 Å². The second kappa shape index (κ2) is 7.70. The van der Waals surface area contributed by atoms with Gasteiger partial charge in [0.15, 0.2) is 0 Å². The maximum Gasteiger partial charge on any atom is 0.243 e. The predicted molar refractivity (Wildman–Crippen MR) is 108 cm³/mol. The third-order valence-corrected chi connectivity index (χ3v) is 6.52. The number of nitriles is 1. The van der Waals surface area contributed by atoms with E-state index in [0.717, 1.165) is 18.4 Å². The van der Waals surface area contributed by atoms with Crippen LogP contribution in [-0.2, 0) is 16.6 Å². The Balaban J connectivity index is 1.54. The highest BCUT2D eigenvalue weighted by atomic mass is 32.2. The van der Waals surface area contributed by atoms with Crippen molar-refractivity contribution in [3.63, 3.8) is 0 Å². The van der Waals surface area contributed by atoms with Crippen LogP contribution in [0.2, 0.25) is 0 Å². The van der Waals surface area contributed by atoms with Gasteiger partial charge in [-0.1, -0.05) is 30.3 Å². The Labute approximate surface area is 169 Å². The van der Waals surface area contributed by atoms with Crippen LogP contribution in [0.25, 0.3) is 11.5 Å². The minimum atomic E-state index is -3.63. The van der Waals surface area contributed by atoms with E-state index in [9.17, 15) is 13.7 Å². The van der Waals surface area contributed by atoms with Crippen molar-refractivity contribution in [1.29, 1.82) is 5.26 Å². The first-order chi connectivity index (χ1) is 14.0. The molecule has 1 heterocycles. The van der Waals surface area contributed by atoms with Crippen molar-refractivity contribution in [1.82, 2.24) is 9.29 Å². The van der Waals surface area contributed by atoms with Crippen LogP contribution in [0.3, 0.4) is 0 Å². The van der Waals surface area contributed by atoms with E-state index in [1.165, 1.54) is 16.4 Å². The molecule has 1 aliphatic rings. The van der Waals surface area contributed by atoms with Gasteiger partial charge in [-0.05, 0) is 42.7 Å². The van der Waals surface area contributed by atoms with Crippen molar-refractivity contribution in [2.24, 2.45) is 0 Å². The lowest BCUT2D eigenvalue weighted by molar-refractivity contribution is 0.466. The quantitative estimate of drug-likeness (QED) is 0.641. The number of aromatic nitrogens is 1. The van der Waals surface area contributed by atoms with Gasteiger partial charge in [0, 0.05) is 25.2 Å². The third kappa shape index (κ3) is 4.16. The lowest BCUT2D eigenvalue weighted by Crippen LogP contribution is -2.26. The number of sulfonamides is 1. The molecule has 29 heavy (non-hydrogen) atoms. The van der Waals surface area contributed by atoms with Crippen molar-refractivity contribution in [2.45, 2.75) is 30.3 Å². The lowest BCUT2D eigenvalue weighted by Gasteiger charge is -2.17. The average Bonchev–Trinajstić information content (AvgIpc) is 3.46. The Kier molecular flexibility index (Phi) is 5.09. The Morgan fingerprint density at radius 2 is 1.86 bits per heavy atom. The predicted octanol–water partition coefficient (Wildman–Crippen LogP) is 3.61. The molecule has 0 bridgehead atoms. The largest absolute Gasteiger partial charge is 0.419 e. The second-order valence-corrected chi connectivity index (χ2v) is 9.04. The molecule has 0 spiro atoms. The van der Waals surface area contributed by atoms with E-state index >= 15 is 0 Å². The van der Waals surface area contributed by atoms with Crippen LogP contribution < -0.4 is 5.32 Å². The smallest absolute Gasteiger partial charge is 0.243 e. The van der Waals surface area contributed by atoms with Crippen LogP contribution in [0.15, 0.2) is 63.9 Å². The van der Waals surface area contributed by atoms with Gasteiger partial charge in [0.05, 0.1) is 4.90 Å². The van der Waals surface area contributed by atoms with E-state index in [0.29, 0.717) is 17.5 Å². The molecule has 0 atom stereocenters. The fourth-order valence-corrected chi connectivity index (χ4v) is 4.06. The molecule has 8 heteroatoms. The van der Waals surface area contributed by atoms with E-state index in [-0.39, 0.29) is 23.0 Å². The van der Waals surface area contributed by atoms with Gasteiger partial charge in [0.1, 0.15) is 6.07 Å². The van der Waals surface area contributed by atoms with Gasteiger partial charge < -0.3 is 9.73 Å². The van der Waals surface area contributed by atoms with Crippen molar-refractivity contribution < 1.29 is 12.8 Å². The van der Waals surface area contributed by atoms with Crippen LogP contribution in [-0.4, -0.2) is 30.8 Å². The minimum absolute atomic E-state index is 0.183. The van der Waals surface area contributed by atoms with Gasteiger partial charge in [-0.25, -0.2) is 8.42 Å². The van der Waals surface area contributed by atoms with E-state index in [2.05, 4.69) is 10.3 Å². The first-order valence-corrected chi connectivity index (χ1v) is 10.7. The van der Waals surface area contributed by atoms with Crippen molar-refractivity contribution >= 4 is 15.9 Å². The summed E-state index contributed by atoms with van der Waals surface area (Å²) in [5.41, 5.74) is 1.72. The third-order valence-electron chi connectivity index (χ3n) is 4.70. The standard InChI is InChI=1S/C21H20N4O3S/c1-25(14-15-5-3-2-4-6-15)29(26,27)18-11-7-16(8-12-18)20-24-19(13-22)21(28-20)23-17-9-10-17/h2-8,11-12,17,23H,9-10,14H2,1H3. The molecule has 148 valence electrons. The molecule has 1 fully saturated rings. The number of benzene rings is 2. The SMILES string of the molecule is CN(Cc1ccccc1)S(=O)(=O)c1ccc(-c2nc(C#N)c(NC3CC3)o2)cc1. The summed E-state index contributed by atoms with van der Waals surface area (Å²) < 4.78 is 32.7. The molecule has 1 aromatic heterocycles. The molecule has 0 amide bonds. The van der Waals surface area contributed by atoms with Crippen LogP contribution in [0.1, 0.15) is 24.1 Å². The number of rotatable bonds is 7. The van der Waals surface area contributed by atoms with Gasteiger partial charge in [-0.2, -0.15) is 14.6 Å². The Morgan fingerprint density at radius 3 is 2.48 bits per heavy atom. The molecule has 0 aliphatic heterocycles. The summed E-state index contributed by atoms with van der Waals surface area (Å²) in [6, 6.07) is 18.1. The fraction of sp³-hybridized carbons (Fsp3) is 0.238. The number of anilines is 1. The molecule has 1 saturated carbocycles. The number of nitrogens with zero attached hydrogens (tertiary/aromatic N) is 3. The summed E-state index contributed by atoms with van der Waals surface area (Å²) in [4.78, 5) is 4.40. The van der Waals surface area contributed by atoms with Crippen molar-refractivity contribution in [3.8, 4) is 17.5 Å². The zero-order chi connectivity index (χ0) is 20.4. The van der Waals surface area contributed by atoms with Gasteiger partial charge in [-0.15, -0.1) is 0 Å². The summed E-state index contributed by atoms with van der Waals surface area (Å²) in [7, 11) is -2.08. The minimum Gasteiger partial charge on any atom is -0.419 e. The maximum atomic E-state index is 12.9. The molecule has 0 unspecified atom stereocenters. The highest BCUT2D eigenvalue weighted by molar-refractivity contribution is 7.89. The van der Waals surface area contributed by atoms with E-state index in [1.54, 1.807) is 19.2 Å². The number of nitrogens with one attached hydrogen (secondary N) is 1. The first kappa shape index (κ1) is 19.2. The topological polar surface area (TPSA) is 99.2 Å². The molecule has 7 nitrogen and oxygen atoms in total. The highest BCUT2D eigenvalue weighted by Crippen LogP contribution is 2.31. The zero-order valence-corrected chi connectivity index (χ0v) is 16.7. The Morgan fingerprint density at radius 1 is 1.17 bits per heavy atom. The van der Waals surface area contributed by atoms with Crippen LogP contribution in [0.4, 0.5) is 5.88 Å². The summed E-state index contributed by atoms with van der Waals surface area (Å²) in [6.45, 7) is 0.284. The lowest BCUT2D eigenvalue weighted by atomic mass is 10.2. The molecular formula is C21H20N4O3S. The van der Waals surface area contributed by atoms with Gasteiger partial charge in [-0.3, -0.25) is 0 Å². The number of oxazole rings is 1. The van der Waals surface area contributed by atoms with Crippen molar-refractivity contribution in [3.05, 3.63) is 65.9 Å². The summed E-state index contributed by atoms with van der Waals surface area (Å²) in [5.74, 6) is 0.649. The van der Waals surface area contributed by atoms with E-state index in [4.69, 9.17) is 4.42 Å². The molecule has 2 aromatic carbocycles. The van der Waals surface area contributed by atoms with Crippen LogP contribution in [0.5, 0.6) is 0 Å². The van der Waals surface area contributed by atoms with E-state index < -0.39 is 10.0 Å². The maximum absolute atomic E-state index is 12.9. The van der Waals surface area contributed by atoms with E-state index in [1.807, 2.05) is 36.4 Å². The first-order valence-electron chi connectivity index (χ1n) is 9.25. The normalized spacial score (nSPS) is 14.0. The number of hydrogen-bond acceptors (Lipinski definition) is 6. The fourth-order valence-electron chi connectivity index (χ4n) is 2.91. The Hall–Kier alpha value is -3.15. The second-order valence-electron chi connectivity index (χ2n) is 7.00. The van der Waals surface area contributed by atoms with Gasteiger partial charge in [0.25, 0.3) is 0 Å². The molecule has 0 radical (unpaired) electrons. The van der Waals surface area contributed by atoms with Crippen LogP contribution >= 0.6 is 0 Å². The summed E-state index contributed by atoms with van der Waals surface area (Å²) >= 11 is 0. The Bertz CT molecular complexity index is 1140. The molecule has 1 N–H and O–H groups in total. The monoisotopic (exact) mass is 408 g/mol. The highest BCUT2D eigenvalue weighted by Gasteiger charge is 2.26. The summed E-state index contributed by atoms with van der Waals surface area (Å²) in [5, 5.41) is 12.4. The summed E-state index contributed by atoms with van der Waals surface area (Å²) in [6.07, 6.45) is 2.09. The number of hydrogen-bond donors (Lipinski definition) is 1. The average molecular weight is 408 g/mol.